The SMILES string of the molecule is Cc1ncnc(C)c1OCC(=O)NCC(O)CCc1cccc(N(CC(C)C)S(=O)(=O)c2ccc3nc(N)oc3c2)c1. The maximum Gasteiger partial charge on any atom is 0.292 e. The summed E-state index contributed by atoms with van der Waals surface area (Å²) in [6.07, 6.45) is 1.45. The van der Waals surface area contributed by atoms with E-state index in [1.54, 1.807) is 38.1 Å². The van der Waals surface area contributed by atoms with Crippen LogP contribution in [-0.4, -0.2) is 60.2 Å². The zero-order chi connectivity index (χ0) is 30.4. The molecule has 2 heterocycles. The smallest absolute Gasteiger partial charge is 0.292 e. The molecule has 13 heteroatoms. The number of ether oxygens (including phenoxy) is 1. The summed E-state index contributed by atoms with van der Waals surface area (Å²) in [6, 6.07) is 11.7. The summed E-state index contributed by atoms with van der Waals surface area (Å²) >= 11 is 0. The second-order valence-electron chi connectivity index (χ2n) is 10.4. The van der Waals surface area contributed by atoms with Crippen LogP contribution in [0.25, 0.3) is 11.1 Å². The molecule has 42 heavy (non-hydrogen) atoms. The summed E-state index contributed by atoms with van der Waals surface area (Å²) in [5.74, 6) is 0.133. The predicted octanol–water partition coefficient (Wildman–Crippen LogP) is 3.16. The summed E-state index contributed by atoms with van der Waals surface area (Å²) in [6.45, 7) is 7.51. The van der Waals surface area contributed by atoms with Crippen molar-refractivity contribution in [3.05, 3.63) is 65.7 Å². The van der Waals surface area contributed by atoms with Crippen LogP contribution in [0.3, 0.4) is 0 Å². The number of nitrogens with zero attached hydrogens (tertiary/aromatic N) is 4. The molecule has 0 aliphatic rings. The van der Waals surface area contributed by atoms with Crippen molar-refractivity contribution in [3.8, 4) is 5.75 Å². The Morgan fingerprint density at radius 3 is 2.60 bits per heavy atom. The zero-order valence-electron chi connectivity index (χ0n) is 24.1. The Hall–Kier alpha value is -4.23. The molecule has 224 valence electrons. The molecule has 12 nitrogen and oxygen atoms in total. The van der Waals surface area contributed by atoms with E-state index in [1.165, 1.54) is 22.8 Å². The number of hydrogen-bond donors (Lipinski definition) is 3. The van der Waals surface area contributed by atoms with Crippen LogP contribution < -0.4 is 20.1 Å². The number of aromatic nitrogens is 3. The Morgan fingerprint density at radius 2 is 1.88 bits per heavy atom. The number of carbonyl (C=O) groups excluding carboxylic acids is 1. The number of fused-ring (bicyclic) bond motifs is 1. The number of oxazole rings is 1. The first kappa shape index (κ1) is 30.7. The molecule has 1 unspecified atom stereocenters. The number of rotatable bonds is 13. The standard InChI is InChI=1S/C29H36N6O6S/c1-18(2)15-35(42(38,39)24-10-11-25-26(13-24)41-29(30)34-25)22-7-5-6-21(12-22)8-9-23(36)14-31-27(37)16-40-28-19(3)32-17-33-20(28)4/h5-7,10-13,17-18,23,36H,8-9,14-16H2,1-4H3,(H2,30,34)(H,31,37). The largest absolute Gasteiger partial charge is 0.480 e. The normalized spacial score (nSPS) is 12.4. The highest BCUT2D eigenvalue weighted by Gasteiger charge is 2.27. The second-order valence-corrected chi connectivity index (χ2v) is 12.3. The van der Waals surface area contributed by atoms with Crippen molar-refractivity contribution >= 4 is 38.7 Å². The fourth-order valence-electron chi connectivity index (χ4n) is 4.40. The number of aliphatic hydroxyl groups is 1. The highest BCUT2D eigenvalue weighted by molar-refractivity contribution is 7.92. The molecule has 0 aliphatic heterocycles. The van der Waals surface area contributed by atoms with Gasteiger partial charge in [-0.1, -0.05) is 26.0 Å². The van der Waals surface area contributed by atoms with Crippen LogP contribution in [-0.2, 0) is 21.2 Å². The number of aliphatic hydroxyl groups excluding tert-OH is 1. The lowest BCUT2D eigenvalue weighted by molar-refractivity contribution is -0.123. The van der Waals surface area contributed by atoms with E-state index in [1.807, 2.05) is 19.9 Å². The molecule has 1 atom stereocenters. The van der Waals surface area contributed by atoms with Crippen LogP contribution in [0.4, 0.5) is 11.7 Å². The average molecular weight is 597 g/mol. The number of carbonyl (C=O) groups is 1. The van der Waals surface area contributed by atoms with Gasteiger partial charge >= 0.3 is 0 Å². The quantitative estimate of drug-likeness (QED) is 0.208. The Morgan fingerprint density at radius 1 is 1.14 bits per heavy atom. The van der Waals surface area contributed by atoms with Gasteiger partial charge in [-0.3, -0.25) is 9.10 Å². The van der Waals surface area contributed by atoms with Gasteiger partial charge < -0.3 is 25.3 Å². The Bertz CT molecular complexity index is 1640. The summed E-state index contributed by atoms with van der Waals surface area (Å²) < 4.78 is 39.8. The molecule has 0 bridgehead atoms. The fourth-order valence-corrected chi connectivity index (χ4v) is 6.03. The number of nitrogens with one attached hydrogen (secondary N) is 1. The molecule has 2 aromatic heterocycles. The number of amides is 1. The van der Waals surface area contributed by atoms with E-state index in [0.29, 0.717) is 46.8 Å². The molecule has 4 N–H and O–H groups in total. The van der Waals surface area contributed by atoms with Gasteiger partial charge in [0.25, 0.3) is 21.9 Å². The molecule has 0 saturated carbocycles. The van der Waals surface area contributed by atoms with Crippen LogP contribution in [0.2, 0.25) is 0 Å². The van der Waals surface area contributed by atoms with Crippen molar-refractivity contribution in [2.24, 2.45) is 5.92 Å². The lowest BCUT2D eigenvalue weighted by Crippen LogP contribution is -2.35. The molecule has 4 aromatic rings. The van der Waals surface area contributed by atoms with Crippen LogP contribution in [0, 0.1) is 19.8 Å². The number of sulfonamides is 1. The number of hydrogen-bond acceptors (Lipinski definition) is 10. The molecule has 0 aliphatic carbocycles. The Kier molecular flexibility index (Phi) is 9.63. The first-order valence-corrected chi connectivity index (χ1v) is 15.0. The molecule has 0 fully saturated rings. The molecule has 2 aromatic carbocycles. The monoisotopic (exact) mass is 596 g/mol. The lowest BCUT2D eigenvalue weighted by atomic mass is 10.1. The predicted molar refractivity (Wildman–Crippen MR) is 159 cm³/mol. The molecular formula is C29H36N6O6S. The third-order valence-corrected chi connectivity index (χ3v) is 8.29. The molecule has 4 rings (SSSR count). The molecule has 0 spiro atoms. The maximum atomic E-state index is 13.8. The maximum absolute atomic E-state index is 13.8. The van der Waals surface area contributed by atoms with Gasteiger partial charge in [0.15, 0.2) is 17.9 Å². The van der Waals surface area contributed by atoms with Gasteiger partial charge in [0.1, 0.15) is 11.8 Å². The van der Waals surface area contributed by atoms with Crippen LogP contribution in [0.5, 0.6) is 5.75 Å². The molecule has 1 amide bonds. The first-order valence-electron chi connectivity index (χ1n) is 13.6. The van der Waals surface area contributed by atoms with Crippen molar-refractivity contribution in [2.45, 2.75) is 51.5 Å². The number of nitrogens with two attached hydrogens (primary N) is 1. The minimum Gasteiger partial charge on any atom is -0.480 e. The Labute approximate surface area is 245 Å². The van der Waals surface area contributed by atoms with E-state index in [9.17, 15) is 18.3 Å². The summed E-state index contributed by atoms with van der Waals surface area (Å²) in [5, 5.41) is 13.2. The van der Waals surface area contributed by atoms with Crippen molar-refractivity contribution in [1.29, 1.82) is 0 Å². The number of benzene rings is 2. The van der Waals surface area contributed by atoms with Gasteiger partial charge in [-0.05, 0) is 62.4 Å². The van der Waals surface area contributed by atoms with Gasteiger partial charge in [-0.25, -0.2) is 18.4 Å². The van der Waals surface area contributed by atoms with Crippen LogP contribution in [0.1, 0.15) is 37.2 Å². The summed E-state index contributed by atoms with van der Waals surface area (Å²) in [5.41, 5.74) is 9.02. The van der Waals surface area contributed by atoms with E-state index >= 15 is 0 Å². The number of aryl methyl sites for hydroxylation is 3. The summed E-state index contributed by atoms with van der Waals surface area (Å²) in [4.78, 5) is 24.5. The van der Waals surface area contributed by atoms with Crippen molar-refractivity contribution in [2.75, 3.05) is 29.7 Å². The topological polar surface area (TPSA) is 174 Å². The van der Waals surface area contributed by atoms with E-state index < -0.39 is 16.1 Å². The molecule has 0 saturated heterocycles. The van der Waals surface area contributed by atoms with E-state index in [4.69, 9.17) is 14.9 Å². The van der Waals surface area contributed by atoms with E-state index in [-0.39, 0.29) is 42.4 Å². The van der Waals surface area contributed by atoms with E-state index in [0.717, 1.165) is 5.56 Å². The van der Waals surface area contributed by atoms with Gasteiger partial charge in [0.2, 0.25) is 0 Å². The number of nitrogen functional groups attached to an aromatic ring is 1. The Balaban J connectivity index is 1.38. The minimum atomic E-state index is -3.94. The third-order valence-electron chi connectivity index (χ3n) is 6.50. The van der Waals surface area contributed by atoms with Gasteiger partial charge in [0, 0.05) is 19.2 Å². The van der Waals surface area contributed by atoms with E-state index in [2.05, 4.69) is 20.3 Å². The summed E-state index contributed by atoms with van der Waals surface area (Å²) in [7, 11) is -3.94. The third kappa shape index (κ3) is 7.53. The van der Waals surface area contributed by atoms with Crippen molar-refractivity contribution in [1.82, 2.24) is 20.3 Å². The minimum absolute atomic E-state index is 0.0335. The molecular weight excluding hydrogens is 560 g/mol. The highest BCUT2D eigenvalue weighted by Crippen LogP contribution is 2.29. The fraction of sp³-hybridized carbons (Fsp3) is 0.379. The van der Waals surface area contributed by atoms with Gasteiger partial charge in [0.05, 0.1) is 28.1 Å². The first-order chi connectivity index (χ1) is 19.9. The van der Waals surface area contributed by atoms with Gasteiger partial charge in [-0.15, -0.1) is 0 Å². The van der Waals surface area contributed by atoms with Crippen LogP contribution in [0.15, 0.2) is 58.1 Å². The van der Waals surface area contributed by atoms with Crippen molar-refractivity contribution in [3.63, 3.8) is 0 Å². The molecule has 0 radical (unpaired) electrons. The van der Waals surface area contributed by atoms with Crippen molar-refractivity contribution < 1.29 is 27.5 Å². The number of anilines is 2. The second kappa shape index (κ2) is 13.2. The average Bonchev–Trinajstić information content (AvgIpc) is 3.32. The lowest BCUT2D eigenvalue weighted by Gasteiger charge is -2.26. The zero-order valence-corrected chi connectivity index (χ0v) is 24.9. The van der Waals surface area contributed by atoms with Crippen LogP contribution >= 0.6 is 0 Å². The highest BCUT2D eigenvalue weighted by atomic mass is 32.2. The van der Waals surface area contributed by atoms with Gasteiger partial charge in [-0.2, -0.15) is 4.98 Å².